The van der Waals surface area contributed by atoms with Crippen molar-refractivity contribution in [2.45, 2.75) is 39.0 Å². The lowest BCUT2D eigenvalue weighted by atomic mass is 9.65. The van der Waals surface area contributed by atoms with Gasteiger partial charge in [0, 0.05) is 0 Å². The summed E-state index contributed by atoms with van der Waals surface area (Å²) in [4.78, 5) is 0. The molecule has 9 heavy (non-hydrogen) atoms. The largest absolute Gasteiger partial charge is 0.0620 e. The summed E-state index contributed by atoms with van der Waals surface area (Å²) < 4.78 is 0. The van der Waals surface area contributed by atoms with Gasteiger partial charge in [-0.15, -0.1) is 0 Å². The molecule has 3 aliphatic rings. The standard InChI is InChI=1S/C9H16/c1-7-8-4-2-3-5-9(7)6-8/h7-9H,2-6H2,1H3. The van der Waals surface area contributed by atoms with Crippen molar-refractivity contribution in [3.63, 3.8) is 0 Å². The molecule has 0 aromatic heterocycles. The normalized spacial score (nSPS) is 49.7. The van der Waals surface area contributed by atoms with E-state index in [9.17, 15) is 0 Å². The van der Waals surface area contributed by atoms with E-state index in [1.54, 1.807) is 6.42 Å². The van der Waals surface area contributed by atoms with Crippen molar-refractivity contribution in [1.82, 2.24) is 0 Å². The van der Waals surface area contributed by atoms with E-state index < -0.39 is 0 Å². The molecule has 0 aliphatic heterocycles. The summed E-state index contributed by atoms with van der Waals surface area (Å²) in [5.74, 6) is 3.36. The zero-order valence-electron chi connectivity index (χ0n) is 6.27. The zero-order chi connectivity index (χ0) is 6.27. The Morgan fingerprint density at radius 3 is 2.00 bits per heavy atom. The Hall–Kier alpha value is 0. The third-order valence-corrected chi connectivity index (χ3v) is 3.49. The second-order valence-electron chi connectivity index (χ2n) is 3.90. The second kappa shape index (κ2) is 2.00. The van der Waals surface area contributed by atoms with Gasteiger partial charge in [0.25, 0.3) is 0 Å². The van der Waals surface area contributed by atoms with Crippen molar-refractivity contribution < 1.29 is 0 Å². The van der Waals surface area contributed by atoms with E-state index in [-0.39, 0.29) is 0 Å². The maximum atomic E-state index is 2.45. The molecule has 0 N–H and O–H groups in total. The van der Waals surface area contributed by atoms with Gasteiger partial charge < -0.3 is 0 Å². The minimum Gasteiger partial charge on any atom is -0.0620 e. The van der Waals surface area contributed by atoms with Gasteiger partial charge in [0.15, 0.2) is 0 Å². The van der Waals surface area contributed by atoms with E-state index in [4.69, 9.17) is 0 Å². The second-order valence-corrected chi connectivity index (χ2v) is 3.90. The average Bonchev–Trinajstić information content (AvgIpc) is 2.17. The van der Waals surface area contributed by atoms with Crippen molar-refractivity contribution >= 4 is 0 Å². The van der Waals surface area contributed by atoms with Crippen molar-refractivity contribution in [2.75, 3.05) is 0 Å². The van der Waals surface area contributed by atoms with Crippen LogP contribution in [0.2, 0.25) is 0 Å². The van der Waals surface area contributed by atoms with E-state index in [0.29, 0.717) is 0 Å². The van der Waals surface area contributed by atoms with Crippen LogP contribution in [-0.4, -0.2) is 0 Å². The van der Waals surface area contributed by atoms with Gasteiger partial charge in [0.1, 0.15) is 0 Å². The minimum absolute atomic E-state index is 1.09. The SMILES string of the molecule is CC1C2CCCCC1C2. The van der Waals surface area contributed by atoms with Gasteiger partial charge >= 0.3 is 0 Å². The summed E-state index contributed by atoms with van der Waals surface area (Å²) in [7, 11) is 0. The van der Waals surface area contributed by atoms with Crippen LogP contribution in [0.15, 0.2) is 0 Å². The molecule has 0 aromatic rings. The van der Waals surface area contributed by atoms with Crippen LogP contribution in [0.3, 0.4) is 0 Å². The first-order valence-electron chi connectivity index (χ1n) is 4.38. The smallest absolute Gasteiger partial charge is 0.0383 e. The molecule has 0 nitrogen and oxygen atoms in total. The average molecular weight is 124 g/mol. The van der Waals surface area contributed by atoms with Crippen LogP contribution in [0.1, 0.15) is 39.0 Å². The van der Waals surface area contributed by atoms with Crippen LogP contribution in [0, 0.1) is 17.8 Å². The van der Waals surface area contributed by atoms with E-state index in [1.165, 1.54) is 25.7 Å². The van der Waals surface area contributed by atoms with Gasteiger partial charge in [0.05, 0.1) is 0 Å². The molecule has 3 saturated carbocycles. The summed E-state index contributed by atoms with van der Waals surface area (Å²) in [6.45, 7) is 2.45. The highest BCUT2D eigenvalue weighted by Gasteiger charge is 2.38. The molecule has 0 saturated heterocycles. The van der Waals surface area contributed by atoms with Gasteiger partial charge in [-0.1, -0.05) is 32.6 Å². The lowest BCUT2D eigenvalue weighted by molar-refractivity contribution is 0.0938. The lowest BCUT2D eigenvalue weighted by Gasteiger charge is -2.40. The first-order valence-corrected chi connectivity index (χ1v) is 4.38. The monoisotopic (exact) mass is 124 g/mol. The third kappa shape index (κ3) is 0.798. The Kier molecular flexibility index (Phi) is 1.28. The molecular weight excluding hydrogens is 108 g/mol. The molecule has 3 fully saturated rings. The maximum Gasteiger partial charge on any atom is -0.0383 e. The highest BCUT2D eigenvalue weighted by molar-refractivity contribution is 4.88. The molecule has 0 amide bonds. The molecule has 0 radical (unpaired) electrons. The maximum absolute atomic E-state index is 2.45. The predicted octanol–water partition coefficient (Wildman–Crippen LogP) is 2.83. The van der Waals surface area contributed by atoms with Gasteiger partial charge in [-0.3, -0.25) is 0 Å². The van der Waals surface area contributed by atoms with Crippen LogP contribution in [0.4, 0.5) is 0 Å². The Morgan fingerprint density at radius 1 is 1.00 bits per heavy atom. The van der Waals surface area contributed by atoms with Crippen LogP contribution in [-0.2, 0) is 0 Å². The topological polar surface area (TPSA) is 0 Å². The van der Waals surface area contributed by atoms with Crippen LogP contribution in [0.25, 0.3) is 0 Å². The van der Waals surface area contributed by atoms with E-state index in [0.717, 1.165) is 17.8 Å². The summed E-state index contributed by atoms with van der Waals surface area (Å²) in [5, 5.41) is 0. The fourth-order valence-corrected chi connectivity index (χ4v) is 2.58. The first kappa shape index (κ1) is 5.76. The molecule has 0 spiro atoms. The highest BCUT2D eigenvalue weighted by Crippen LogP contribution is 2.48. The fraction of sp³-hybridized carbons (Fsp3) is 1.00. The van der Waals surface area contributed by atoms with E-state index in [1.807, 2.05) is 0 Å². The molecule has 0 heterocycles. The van der Waals surface area contributed by atoms with Crippen molar-refractivity contribution in [2.24, 2.45) is 17.8 Å². The fourth-order valence-electron chi connectivity index (χ4n) is 2.58. The Bertz CT molecular complexity index is 90.6. The molecule has 0 aromatic carbocycles. The predicted molar refractivity (Wildman–Crippen MR) is 39.2 cm³/mol. The van der Waals surface area contributed by atoms with Gasteiger partial charge in [-0.25, -0.2) is 0 Å². The number of rotatable bonds is 0. The van der Waals surface area contributed by atoms with E-state index in [2.05, 4.69) is 6.92 Å². The van der Waals surface area contributed by atoms with Crippen LogP contribution < -0.4 is 0 Å². The minimum atomic E-state index is 1.09. The van der Waals surface area contributed by atoms with Gasteiger partial charge in [0.2, 0.25) is 0 Å². The van der Waals surface area contributed by atoms with Crippen molar-refractivity contribution in [3.05, 3.63) is 0 Å². The molecule has 2 bridgehead atoms. The van der Waals surface area contributed by atoms with Crippen molar-refractivity contribution in [1.29, 1.82) is 0 Å². The van der Waals surface area contributed by atoms with E-state index >= 15 is 0 Å². The van der Waals surface area contributed by atoms with Gasteiger partial charge in [-0.05, 0) is 24.2 Å². The first-order chi connectivity index (χ1) is 4.38. The third-order valence-electron chi connectivity index (χ3n) is 3.49. The summed E-state index contributed by atoms with van der Waals surface area (Å²) in [6.07, 6.45) is 7.69. The zero-order valence-corrected chi connectivity index (χ0v) is 6.27. The molecule has 3 aliphatic carbocycles. The Balaban J connectivity index is 2.01. The Labute approximate surface area is 57.6 Å². The van der Waals surface area contributed by atoms with Crippen molar-refractivity contribution in [3.8, 4) is 0 Å². The lowest BCUT2D eigenvalue weighted by Crippen LogP contribution is -2.32. The summed E-state index contributed by atoms with van der Waals surface area (Å²) in [5.41, 5.74) is 0. The molecule has 52 valence electrons. The molecular formula is C9H16. The molecule has 0 heteroatoms. The Morgan fingerprint density at radius 2 is 1.56 bits per heavy atom. The molecule has 2 atom stereocenters. The van der Waals surface area contributed by atoms with Crippen LogP contribution >= 0.6 is 0 Å². The number of fused-ring (bicyclic) bond motifs is 3. The van der Waals surface area contributed by atoms with Gasteiger partial charge in [-0.2, -0.15) is 0 Å². The molecule has 2 unspecified atom stereocenters. The highest BCUT2D eigenvalue weighted by atomic mass is 14.4. The molecule has 3 rings (SSSR count). The number of hydrogen-bond acceptors (Lipinski definition) is 0. The summed E-state index contributed by atoms with van der Waals surface area (Å²) in [6, 6.07) is 0. The van der Waals surface area contributed by atoms with Crippen LogP contribution in [0.5, 0.6) is 0 Å². The number of hydrogen-bond donors (Lipinski definition) is 0. The quantitative estimate of drug-likeness (QED) is 0.466. The summed E-state index contributed by atoms with van der Waals surface area (Å²) >= 11 is 0.